The second-order valence-corrected chi connectivity index (χ2v) is 4.26. The highest BCUT2D eigenvalue weighted by Crippen LogP contribution is 2.07. The standard InChI is InChI=1S/C12H19N3O4/c1-4-5-9(11(16)17)15-12(18)13-6-10-14-7(2)8(3)19-10/h9H,4-6H2,1-3H3,(H,16,17)(H2,13,15,18)/t9-/m1/s1. The molecule has 0 radical (unpaired) electrons. The van der Waals surface area contributed by atoms with E-state index in [4.69, 9.17) is 9.52 Å². The number of carboxylic acids is 1. The van der Waals surface area contributed by atoms with Gasteiger partial charge in [-0.2, -0.15) is 0 Å². The molecule has 0 aromatic carbocycles. The Kier molecular flexibility index (Phi) is 5.35. The second kappa shape index (κ2) is 6.77. The number of aliphatic carboxylic acids is 1. The van der Waals surface area contributed by atoms with E-state index in [0.717, 1.165) is 5.69 Å². The highest BCUT2D eigenvalue weighted by molar-refractivity contribution is 5.82. The molecule has 1 aromatic heterocycles. The molecule has 7 heteroatoms. The number of carboxylic acid groups (broad SMARTS) is 1. The number of oxazole rings is 1. The van der Waals surface area contributed by atoms with Crippen molar-refractivity contribution in [1.29, 1.82) is 0 Å². The topological polar surface area (TPSA) is 104 Å². The van der Waals surface area contributed by atoms with Gasteiger partial charge in [0, 0.05) is 0 Å². The maximum Gasteiger partial charge on any atom is 0.326 e. The Morgan fingerprint density at radius 3 is 2.58 bits per heavy atom. The Labute approximate surface area is 111 Å². The van der Waals surface area contributed by atoms with Gasteiger partial charge in [-0.3, -0.25) is 0 Å². The summed E-state index contributed by atoms with van der Waals surface area (Å²) in [6.45, 7) is 5.57. The van der Waals surface area contributed by atoms with Crippen molar-refractivity contribution in [3.63, 3.8) is 0 Å². The summed E-state index contributed by atoms with van der Waals surface area (Å²) in [4.78, 5) is 26.5. The van der Waals surface area contributed by atoms with E-state index in [0.29, 0.717) is 24.5 Å². The van der Waals surface area contributed by atoms with Crippen LogP contribution in [0.1, 0.15) is 37.1 Å². The molecule has 106 valence electrons. The first kappa shape index (κ1) is 15.0. The van der Waals surface area contributed by atoms with Crippen molar-refractivity contribution in [1.82, 2.24) is 15.6 Å². The zero-order chi connectivity index (χ0) is 14.4. The molecule has 0 aliphatic heterocycles. The molecule has 7 nitrogen and oxygen atoms in total. The zero-order valence-corrected chi connectivity index (χ0v) is 11.3. The molecule has 2 amide bonds. The van der Waals surface area contributed by atoms with Crippen molar-refractivity contribution in [2.24, 2.45) is 0 Å². The maximum atomic E-state index is 11.5. The molecule has 1 rings (SSSR count). The monoisotopic (exact) mass is 269 g/mol. The maximum absolute atomic E-state index is 11.5. The minimum absolute atomic E-state index is 0.124. The molecule has 1 heterocycles. The molecule has 0 fully saturated rings. The number of hydrogen-bond donors (Lipinski definition) is 3. The van der Waals surface area contributed by atoms with Gasteiger partial charge in [0.1, 0.15) is 11.8 Å². The number of carbonyl (C=O) groups excluding carboxylic acids is 1. The number of carbonyl (C=O) groups is 2. The molecule has 0 aliphatic rings. The van der Waals surface area contributed by atoms with Gasteiger partial charge in [0.15, 0.2) is 0 Å². The number of aryl methyl sites for hydroxylation is 2. The van der Waals surface area contributed by atoms with Crippen molar-refractivity contribution >= 4 is 12.0 Å². The van der Waals surface area contributed by atoms with E-state index >= 15 is 0 Å². The average molecular weight is 269 g/mol. The lowest BCUT2D eigenvalue weighted by molar-refractivity contribution is -0.139. The predicted molar refractivity (Wildman–Crippen MR) is 67.7 cm³/mol. The van der Waals surface area contributed by atoms with Crippen LogP contribution in [0.5, 0.6) is 0 Å². The van der Waals surface area contributed by atoms with Crippen molar-refractivity contribution in [3.8, 4) is 0 Å². The quantitative estimate of drug-likeness (QED) is 0.723. The van der Waals surface area contributed by atoms with Crippen molar-refractivity contribution in [2.75, 3.05) is 0 Å². The lowest BCUT2D eigenvalue weighted by Gasteiger charge is -2.13. The van der Waals surface area contributed by atoms with Gasteiger partial charge in [-0.05, 0) is 20.3 Å². The zero-order valence-electron chi connectivity index (χ0n) is 11.3. The van der Waals surface area contributed by atoms with E-state index in [1.807, 2.05) is 13.8 Å². The van der Waals surface area contributed by atoms with E-state index in [-0.39, 0.29) is 6.54 Å². The minimum Gasteiger partial charge on any atom is -0.480 e. The Hall–Kier alpha value is -2.05. The lowest BCUT2D eigenvalue weighted by Crippen LogP contribution is -2.45. The smallest absolute Gasteiger partial charge is 0.326 e. The van der Waals surface area contributed by atoms with Gasteiger partial charge in [0.25, 0.3) is 0 Å². The van der Waals surface area contributed by atoms with E-state index in [1.54, 1.807) is 6.92 Å². The molecule has 0 spiro atoms. The van der Waals surface area contributed by atoms with E-state index in [1.165, 1.54) is 0 Å². The molecule has 0 saturated carbocycles. The van der Waals surface area contributed by atoms with Gasteiger partial charge >= 0.3 is 12.0 Å². The van der Waals surface area contributed by atoms with Gasteiger partial charge in [-0.15, -0.1) is 0 Å². The van der Waals surface area contributed by atoms with Crippen LogP contribution in [-0.2, 0) is 11.3 Å². The molecule has 3 N–H and O–H groups in total. The molecular formula is C12H19N3O4. The molecule has 0 bridgehead atoms. The SMILES string of the molecule is CCC[C@@H](NC(=O)NCc1nc(C)c(C)o1)C(=O)O. The summed E-state index contributed by atoms with van der Waals surface area (Å²) >= 11 is 0. The minimum atomic E-state index is -1.04. The first-order valence-corrected chi connectivity index (χ1v) is 6.14. The third kappa shape index (κ3) is 4.61. The Balaban J connectivity index is 2.44. The summed E-state index contributed by atoms with van der Waals surface area (Å²) in [6, 6.07) is -1.42. The fourth-order valence-electron chi connectivity index (χ4n) is 1.53. The summed E-state index contributed by atoms with van der Waals surface area (Å²) in [6.07, 6.45) is 1.06. The summed E-state index contributed by atoms with van der Waals surface area (Å²) in [5, 5.41) is 13.8. The number of hydrogen-bond acceptors (Lipinski definition) is 4. The van der Waals surface area contributed by atoms with Crippen LogP contribution in [0.4, 0.5) is 4.79 Å². The molecular weight excluding hydrogens is 250 g/mol. The van der Waals surface area contributed by atoms with Gasteiger partial charge in [-0.25, -0.2) is 14.6 Å². The first-order valence-electron chi connectivity index (χ1n) is 6.14. The number of aromatic nitrogens is 1. The van der Waals surface area contributed by atoms with Crippen LogP contribution in [0.3, 0.4) is 0 Å². The van der Waals surface area contributed by atoms with Gasteiger partial charge in [0.2, 0.25) is 5.89 Å². The van der Waals surface area contributed by atoms with Crippen LogP contribution in [0.2, 0.25) is 0 Å². The van der Waals surface area contributed by atoms with Crippen LogP contribution in [-0.4, -0.2) is 28.1 Å². The highest BCUT2D eigenvalue weighted by atomic mass is 16.4. The summed E-state index contributed by atoms with van der Waals surface area (Å²) in [5.41, 5.74) is 0.770. The van der Waals surface area contributed by atoms with Gasteiger partial charge in [0.05, 0.1) is 12.2 Å². The van der Waals surface area contributed by atoms with Crippen LogP contribution >= 0.6 is 0 Å². The summed E-state index contributed by atoms with van der Waals surface area (Å²) in [5.74, 6) is 0.0546. The molecule has 0 aliphatic carbocycles. The number of nitrogens with one attached hydrogen (secondary N) is 2. The Morgan fingerprint density at radius 2 is 2.11 bits per heavy atom. The third-order valence-electron chi connectivity index (χ3n) is 2.65. The Bertz CT molecular complexity index is 436. The van der Waals surface area contributed by atoms with Crippen LogP contribution < -0.4 is 10.6 Å². The molecule has 1 aromatic rings. The van der Waals surface area contributed by atoms with Crippen molar-refractivity contribution < 1.29 is 19.1 Å². The first-order chi connectivity index (χ1) is 8.93. The fraction of sp³-hybridized carbons (Fsp3) is 0.583. The summed E-state index contributed by atoms with van der Waals surface area (Å²) < 4.78 is 5.29. The fourth-order valence-corrected chi connectivity index (χ4v) is 1.53. The molecule has 19 heavy (non-hydrogen) atoms. The van der Waals surface area contributed by atoms with Crippen LogP contribution in [0, 0.1) is 13.8 Å². The van der Waals surface area contributed by atoms with Crippen LogP contribution in [0.15, 0.2) is 4.42 Å². The number of nitrogens with zero attached hydrogens (tertiary/aromatic N) is 1. The van der Waals surface area contributed by atoms with Crippen molar-refractivity contribution in [2.45, 2.75) is 46.2 Å². The molecule has 0 unspecified atom stereocenters. The molecule has 0 saturated heterocycles. The van der Waals surface area contributed by atoms with Gasteiger partial charge in [-0.1, -0.05) is 13.3 Å². The van der Waals surface area contributed by atoms with Gasteiger partial charge < -0.3 is 20.2 Å². The largest absolute Gasteiger partial charge is 0.480 e. The normalized spacial score (nSPS) is 11.9. The van der Waals surface area contributed by atoms with Crippen molar-refractivity contribution in [3.05, 3.63) is 17.3 Å². The summed E-state index contributed by atoms with van der Waals surface area (Å²) in [7, 11) is 0. The predicted octanol–water partition coefficient (Wildman–Crippen LogP) is 1.34. The molecule has 1 atom stereocenters. The number of amides is 2. The lowest BCUT2D eigenvalue weighted by atomic mass is 10.2. The second-order valence-electron chi connectivity index (χ2n) is 4.26. The van der Waals surface area contributed by atoms with E-state index in [9.17, 15) is 9.59 Å². The Morgan fingerprint density at radius 1 is 1.42 bits per heavy atom. The number of rotatable bonds is 6. The van der Waals surface area contributed by atoms with E-state index in [2.05, 4.69) is 15.6 Å². The van der Waals surface area contributed by atoms with E-state index < -0.39 is 18.0 Å². The highest BCUT2D eigenvalue weighted by Gasteiger charge is 2.18. The average Bonchev–Trinajstić information content (AvgIpc) is 2.65. The van der Waals surface area contributed by atoms with Crippen LogP contribution in [0.25, 0.3) is 0 Å². The number of urea groups is 1. The third-order valence-corrected chi connectivity index (χ3v) is 2.65.